The molecule has 1 aliphatic rings. The summed E-state index contributed by atoms with van der Waals surface area (Å²) in [4.78, 5) is 12.3. The van der Waals surface area contributed by atoms with Gasteiger partial charge in [-0.2, -0.15) is 0 Å². The third-order valence-corrected chi connectivity index (χ3v) is 5.02. The summed E-state index contributed by atoms with van der Waals surface area (Å²) in [6.45, 7) is 0.249. The molecule has 6 heteroatoms. The molecule has 0 saturated heterocycles. The number of rotatable bonds is 5. The quantitative estimate of drug-likeness (QED) is 0.766. The van der Waals surface area contributed by atoms with Crippen molar-refractivity contribution >= 4 is 24.0 Å². The van der Waals surface area contributed by atoms with Crippen LogP contribution in [0.1, 0.15) is 36.8 Å². The molecule has 0 bridgehead atoms. The highest BCUT2D eigenvalue weighted by Gasteiger charge is 2.40. The molecule has 1 fully saturated rings. The number of amides is 1. The lowest BCUT2D eigenvalue weighted by Crippen LogP contribution is -2.40. The van der Waals surface area contributed by atoms with Crippen LogP contribution in [0.3, 0.4) is 0 Å². The first-order chi connectivity index (χ1) is 12.0. The fraction of sp³-hybridized carbons (Fsp3) is 0.350. The molecule has 0 heterocycles. The summed E-state index contributed by atoms with van der Waals surface area (Å²) >= 11 is 0. The molecule has 2 aromatic carbocycles. The normalized spacial score (nSPS) is 15.3. The SMILES string of the molecule is Cl.Nc1ccc(CC(=O)NCC2(c3c(F)cccc3F)CCCC2)cc1. The van der Waals surface area contributed by atoms with Gasteiger partial charge in [0.05, 0.1) is 6.42 Å². The smallest absolute Gasteiger partial charge is 0.224 e. The Bertz CT molecular complexity index is 739. The van der Waals surface area contributed by atoms with Crippen LogP contribution >= 0.6 is 12.4 Å². The van der Waals surface area contributed by atoms with Crippen LogP contribution in [0.5, 0.6) is 0 Å². The number of hydrogen-bond donors (Lipinski definition) is 2. The third-order valence-electron chi connectivity index (χ3n) is 5.02. The summed E-state index contributed by atoms with van der Waals surface area (Å²) in [7, 11) is 0. The van der Waals surface area contributed by atoms with Crippen molar-refractivity contribution in [2.45, 2.75) is 37.5 Å². The Morgan fingerprint density at radius 2 is 1.62 bits per heavy atom. The summed E-state index contributed by atoms with van der Waals surface area (Å²) in [6, 6.07) is 11.0. The predicted octanol–water partition coefficient (Wildman–Crippen LogP) is 4.14. The average Bonchev–Trinajstić information content (AvgIpc) is 3.05. The Balaban J connectivity index is 0.00000243. The molecule has 140 valence electrons. The highest BCUT2D eigenvalue weighted by Crippen LogP contribution is 2.42. The van der Waals surface area contributed by atoms with Crippen LogP contribution < -0.4 is 11.1 Å². The average molecular weight is 381 g/mol. The van der Waals surface area contributed by atoms with E-state index < -0.39 is 17.0 Å². The standard InChI is InChI=1S/C20H22F2N2O.ClH/c21-16-4-3-5-17(22)19(16)20(10-1-2-11-20)13-24-18(25)12-14-6-8-15(23)9-7-14;/h3-9H,1-2,10-13,23H2,(H,24,25);1H. The molecule has 0 spiro atoms. The van der Waals surface area contributed by atoms with Gasteiger partial charge >= 0.3 is 0 Å². The highest BCUT2D eigenvalue weighted by molar-refractivity contribution is 5.85. The van der Waals surface area contributed by atoms with Crippen molar-refractivity contribution in [2.75, 3.05) is 12.3 Å². The summed E-state index contributed by atoms with van der Waals surface area (Å²) in [5.74, 6) is -1.22. The lowest BCUT2D eigenvalue weighted by molar-refractivity contribution is -0.120. The first-order valence-electron chi connectivity index (χ1n) is 8.56. The third kappa shape index (κ3) is 4.33. The second-order valence-corrected chi connectivity index (χ2v) is 6.78. The largest absolute Gasteiger partial charge is 0.399 e. The minimum Gasteiger partial charge on any atom is -0.399 e. The van der Waals surface area contributed by atoms with Crippen molar-refractivity contribution < 1.29 is 13.6 Å². The first-order valence-corrected chi connectivity index (χ1v) is 8.56. The lowest BCUT2D eigenvalue weighted by Gasteiger charge is -2.30. The number of hydrogen-bond acceptors (Lipinski definition) is 2. The van der Waals surface area contributed by atoms with E-state index in [0.29, 0.717) is 18.5 Å². The van der Waals surface area contributed by atoms with Crippen molar-refractivity contribution in [3.8, 4) is 0 Å². The van der Waals surface area contributed by atoms with Crippen LogP contribution in [0.2, 0.25) is 0 Å². The predicted molar refractivity (Wildman–Crippen MR) is 101 cm³/mol. The van der Waals surface area contributed by atoms with E-state index in [0.717, 1.165) is 18.4 Å². The Hall–Kier alpha value is -2.14. The van der Waals surface area contributed by atoms with E-state index in [1.54, 1.807) is 24.3 Å². The first kappa shape index (κ1) is 20.2. The number of benzene rings is 2. The topological polar surface area (TPSA) is 55.1 Å². The number of nitrogens with one attached hydrogen (secondary N) is 1. The van der Waals surface area contributed by atoms with Crippen molar-refractivity contribution in [1.29, 1.82) is 0 Å². The fourth-order valence-electron chi connectivity index (χ4n) is 3.72. The van der Waals surface area contributed by atoms with Gasteiger partial charge in [0, 0.05) is 23.2 Å². The van der Waals surface area contributed by atoms with Gasteiger partial charge in [0.1, 0.15) is 11.6 Å². The molecule has 0 unspecified atom stereocenters. The number of nitrogens with two attached hydrogens (primary N) is 1. The Morgan fingerprint density at radius 1 is 1.04 bits per heavy atom. The van der Waals surface area contributed by atoms with Crippen LogP contribution in [-0.4, -0.2) is 12.5 Å². The Labute approximate surface area is 158 Å². The van der Waals surface area contributed by atoms with Crippen molar-refractivity contribution in [1.82, 2.24) is 5.32 Å². The molecular weight excluding hydrogens is 358 g/mol. The molecule has 2 aromatic rings. The van der Waals surface area contributed by atoms with Crippen molar-refractivity contribution in [3.63, 3.8) is 0 Å². The molecule has 0 aliphatic heterocycles. The van der Waals surface area contributed by atoms with E-state index in [1.165, 1.54) is 18.2 Å². The van der Waals surface area contributed by atoms with Gasteiger partial charge in [0.15, 0.2) is 0 Å². The molecule has 0 atom stereocenters. The maximum Gasteiger partial charge on any atom is 0.224 e. The Morgan fingerprint density at radius 3 is 2.19 bits per heavy atom. The molecule has 3 N–H and O–H groups in total. The lowest BCUT2D eigenvalue weighted by atomic mass is 9.78. The molecule has 0 aromatic heterocycles. The number of carbonyl (C=O) groups is 1. The van der Waals surface area contributed by atoms with Crippen LogP contribution in [0.25, 0.3) is 0 Å². The van der Waals surface area contributed by atoms with Crippen LogP contribution in [0, 0.1) is 11.6 Å². The minimum atomic E-state index is -0.661. The molecule has 0 radical (unpaired) electrons. The summed E-state index contributed by atoms with van der Waals surface area (Å²) in [5, 5.41) is 2.88. The molecule has 3 nitrogen and oxygen atoms in total. The molecule has 26 heavy (non-hydrogen) atoms. The molecular formula is C20H23ClF2N2O. The van der Waals surface area contributed by atoms with Gasteiger partial charge in [-0.15, -0.1) is 12.4 Å². The number of anilines is 1. The summed E-state index contributed by atoms with van der Waals surface area (Å²) in [5.41, 5.74) is 6.58. The monoisotopic (exact) mass is 380 g/mol. The summed E-state index contributed by atoms with van der Waals surface area (Å²) < 4.78 is 28.6. The van der Waals surface area contributed by atoms with Gasteiger partial charge in [-0.3, -0.25) is 4.79 Å². The van der Waals surface area contributed by atoms with Gasteiger partial charge < -0.3 is 11.1 Å². The number of nitrogen functional groups attached to an aromatic ring is 1. The van der Waals surface area contributed by atoms with Crippen LogP contribution in [0.4, 0.5) is 14.5 Å². The van der Waals surface area contributed by atoms with Crippen molar-refractivity contribution in [2.24, 2.45) is 0 Å². The van der Waals surface area contributed by atoms with E-state index in [9.17, 15) is 13.6 Å². The second kappa shape index (κ2) is 8.49. The zero-order valence-corrected chi connectivity index (χ0v) is 15.3. The van der Waals surface area contributed by atoms with E-state index in [1.807, 2.05) is 0 Å². The van der Waals surface area contributed by atoms with Gasteiger partial charge in [0.2, 0.25) is 5.91 Å². The zero-order chi connectivity index (χ0) is 17.9. The Kier molecular flexibility index (Phi) is 6.59. The van der Waals surface area contributed by atoms with E-state index in [2.05, 4.69) is 5.32 Å². The molecule has 1 saturated carbocycles. The maximum absolute atomic E-state index is 14.3. The molecule has 3 rings (SSSR count). The van der Waals surface area contributed by atoms with E-state index in [4.69, 9.17) is 5.73 Å². The maximum atomic E-state index is 14.3. The van der Waals surface area contributed by atoms with Gasteiger partial charge in [-0.05, 0) is 42.7 Å². The second-order valence-electron chi connectivity index (χ2n) is 6.78. The van der Waals surface area contributed by atoms with Crippen molar-refractivity contribution in [3.05, 3.63) is 65.2 Å². The van der Waals surface area contributed by atoms with E-state index in [-0.39, 0.29) is 36.8 Å². The van der Waals surface area contributed by atoms with Gasteiger partial charge in [-0.1, -0.05) is 31.0 Å². The molecule has 1 amide bonds. The van der Waals surface area contributed by atoms with Crippen LogP contribution in [0.15, 0.2) is 42.5 Å². The number of carbonyl (C=O) groups excluding carboxylic acids is 1. The minimum absolute atomic E-state index is 0. The summed E-state index contributed by atoms with van der Waals surface area (Å²) in [6.07, 6.45) is 3.37. The zero-order valence-electron chi connectivity index (χ0n) is 14.4. The highest BCUT2D eigenvalue weighted by atomic mass is 35.5. The van der Waals surface area contributed by atoms with E-state index >= 15 is 0 Å². The molecule has 1 aliphatic carbocycles. The fourth-order valence-corrected chi connectivity index (χ4v) is 3.72. The van der Waals surface area contributed by atoms with Gasteiger partial charge in [-0.25, -0.2) is 8.78 Å². The number of halogens is 3. The van der Waals surface area contributed by atoms with Gasteiger partial charge in [0.25, 0.3) is 0 Å². The van der Waals surface area contributed by atoms with Crippen LogP contribution in [-0.2, 0) is 16.6 Å².